The summed E-state index contributed by atoms with van der Waals surface area (Å²) in [6.45, 7) is 1.98. The predicted octanol–water partition coefficient (Wildman–Crippen LogP) is 2.60. The summed E-state index contributed by atoms with van der Waals surface area (Å²) in [4.78, 5) is 0. The van der Waals surface area contributed by atoms with E-state index >= 15 is 0 Å². The van der Waals surface area contributed by atoms with Crippen LogP contribution < -0.4 is 10.5 Å². The molecule has 2 rings (SSSR count). The summed E-state index contributed by atoms with van der Waals surface area (Å²) in [6, 6.07) is 6.64. The van der Waals surface area contributed by atoms with Crippen LogP contribution in [-0.2, 0) is 10.0 Å². The molecule has 0 spiro atoms. The summed E-state index contributed by atoms with van der Waals surface area (Å²) in [7, 11) is -3.50. The number of benzene rings is 1. The fourth-order valence-corrected chi connectivity index (χ4v) is 4.33. The van der Waals surface area contributed by atoms with Crippen molar-refractivity contribution in [2.45, 2.75) is 17.2 Å². The summed E-state index contributed by atoms with van der Waals surface area (Å²) >= 11 is 7.09. The molecule has 1 aromatic heterocycles. The van der Waals surface area contributed by atoms with Crippen LogP contribution in [0.4, 0.5) is 0 Å². The minimum absolute atomic E-state index is 0. The van der Waals surface area contributed by atoms with Crippen molar-refractivity contribution in [1.82, 2.24) is 4.72 Å². The van der Waals surface area contributed by atoms with Gasteiger partial charge in [-0.25, -0.2) is 13.1 Å². The van der Waals surface area contributed by atoms with Gasteiger partial charge in [0, 0.05) is 22.3 Å². The highest BCUT2D eigenvalue weighted by atomic mass is 35.5. The molecule has 0 radical (unpaired) electrons. The van der Waals surface area contributed by atoms with Gasteiger partial charge >= 0.3 is 0 Å². The number of thiophene rings is 1. The second-order valence-electron chi connectivity index (χ2n) is 4.01. The lowest BCUT2D eigenvalue weighted by Crippen LogP contribution is -2.37. The maximum Gasteiger partial charge on any atom is 0.250 e. The lowest BCUT2D eigenvalue weighted by Gasteiger charge is -2.09. The first-order valence-electron chi connectivity index (χ1n) is 5.34. The first kappa shape index (κ1) is 16.7. The van der Waals surface area contributed by atoms with Crippen LogP contribution in [0, 0.1) is 0 Å². The van der Waals surface area contributed by atoms with E-state index in [1.165, 1.54) is 11.3 Å². The zero-order valence-electron chi connectivity index (χ0n) is 10.1. The highest BCUT2D eigenvalue weighted by molar-refractivity contribution is 7.91. The summed E-state index contributed by atoms with van der Waals surface area (Å²) in [6.07, 6.45) is 0. The topological polar surface area (TPSA) is 72.2 Å². The number of hydrogen-bond donors (Lipinski definition) is 2. The van der Waals surface area contributed by atoms with Crippen LogP contribution in [0.5, 0.6) is 0 Å². The average Bonchev–Trinajstić information content (AvgIpc) is 2.71. The van der Waals surface area contributed by atoms with Crippen LogP contribution in [0.25, 0.3) is 10.1 Å². The molecule has 0 bridgehead atoms. The second kappa shape index (κ2) is 6.39. The summed E-state index contributed by atoms with van der Waals surface area (Å²) in [5.74, 6) is 0. The first-order valence-corrected chi connectivity index (χ1v) is 8.01. The van der Waals surface area contributed by atoms with Gasteiger partial charge < -0.3 is 5.73 Å². The summed E-state index contributed by atoms with van der Waals surface area (Å²) in [5.41, 5.74) is 5.41. The van der Waals surface area contributed by atoms with Gasteiger partial charge in [-0.1, -0.05) is 11.6 Å². The van der Waals surface area contributed by atoms with Gasteiger partial charge in [-0.05, 0) is 36.6 Å². The molecule has 0 unspecified atom stereocenters. The molecule has 0 aliphatic rings. The van der Waals surface area contributed by atoms with E-state index in [0.29, 0.717) is 5.02 Å². The van der Waals surface area contributed by atoms with Crippen molar-refractivity contribution in [1.29, 1.82) is 0 Å². The second-order valence-corrected chi connectivity index (χ2v) is 7.47. The van der Waals surface area contributed by atoms with Gasteiger partial charge in [0.2, 0.25) is 10.0 Å². The molecule has 0 amide bonds. The molecule has 0 fully saturated rings. The van der Waals surface area contributed by atoms with Crippen LogP contribution in [-0.4, -0.2) is 21.0 Å². The Hall–Kier alpha value is -0.370. The van der Waals surface area contributed by atoms with Gasteiger partial charge in [0.05, 0.1) is 0 Å². The molecule has 8 heteroatoms. The Labute approximate surface area is 127 Å². The smallest absolute Gasteiger partial charge is 0.250 e. The third-order valence-electron chi connectivity index (χ3n) is 2.43. The molecule has 4 nitrogen and oxygen atoms in total. The summed E-state index contributed by atoms with van der Waals surface area (Å²) < 4.78 is 27.8. The number of rotatable bonds is 4. The van der Waals surface area contributed by atoms with Crippen molar-refractivity contribution in [3.63, 3.8) is 0 Å². The molecule has 0 saturated carbocycles. The number of hydrogen-bond acceptors (Lipinski definition) is 4. The molecule has 3 N–H and O–H groups in total. The van der Waals surface area contributed by atoms with Gasteiger partial charge in [-0.15, -0.1) is 23.7 Å². The van der Waals surface area contributed by atoms with Crippen LogP contribution in [0.1, 0.15) is 6.92 Å². The molecular formula is C11H14Cl2N2O2S2. The largest absolute Gasteiger partial charge is 0.329 e. The Kier molecular flexibility index (Phi) is 5.61. The van der Waals surface area contributed by atoms with Gasteiger partial charge in [0.15, 0.2) is 0 Å². The van der Waals surface area contributed by atoms with Gasteiger partial charge in [-0.3, -0.25) is 0 Å². The fourth-order valence-electron chi connectivity index (χ4n) is 1.49. The van der Waals surface area contributed by atoms with Crippen LogP contribution in [0.15, 0.2) is 28.5 Å². The number of nitrogens with two attached hydrogens (primary N) is 1. The SMILES string of the molecule is C[C@@H](CN)NS(=O)(=O)c1cc2cc(Cl)ccc2s1.Cl. The van der Waals surface area contributed by atoms with E-state index in [0.717, 1.165) is 10.1 Å². The minimum atomic E-state index is -3.50. The van der Waals surface area contributed by atoms with E-state index < -0.39 is 10.0 Å². The van der Waals surface area contributed by atoms with Gasteiger partial charge in [0.1, 0.15) is 4.21 Å². The first-order chi connectivity index (χ1) is 8.42. The Balaban J connectivity index is 0.00000180. The molecule has 1 atom stereocenters. The number of fused-ring (bicyclic) bond motifs is 1. The van der Waals surface area contributed by atoms with Crippen molar-refractivity contribution in [2.75, 3.05) is 6.54 Å². The summed E-state index contributed by atoms with van der Waals surface area (Å²) in [5, 5.41) is 1.42. The third kappa shape index (κ3) is 3.81. The van der Waals surface area contributed by atoms with Gasteiger partial charge in [0.25, 0.3) is 0 Å². The van der Waals surface area contributed by atoms with Crippen molar-refractivity contribution in [3.8, 4) is 0 Å². The van der Waals surface area contributed by atoms with Crippen molar-refractivity contribution >= 4 is 55.5 Å². The van der Waals surface area contributed by atoms with E-state index in [4.69, 9.17) is 17.3 Å². The standard InChI is InChI=1S/C11H13ClN2O2S2.ClH/c1-7(6-13)14-18(15,16)11-5-8-4-9(12)2-3-10(8)17-11;/h2-5,7,14H,6,13H2,1H3;1H/t7-;/m0./s1. The Morgan fingerprint density at radius 2 is 2.11 bits per heavy atom. The molecular weight excluding hydrogens is 327 g/mol. The Bertz CT molecular complexity index is 670. The maximum atomic E-state index is 12.1. The third-order valence-corrected chi connectivity index (χ3v) is 5.84. The highest BCUT2D eigenvalue weighted by Crippen LogP contribution is 2.30. The van der Waals surface area contributed by atoms with Gasteiger partial charge in [-0.2, -0.15) is 0 Å². The molecule has 1 heterocycles. The van der Waals surface area contributed by atoms with Crippen molar-refractivity contribution in [2.24, 2.45) is 5.73 Å². The monoisotopic (exact) mass is 340 g/mol. The fraction of sp³-hybridized carbons (Fsp3) is 0.273. The number of sulfonamides is 1. The molecule has 1 aromatic carbocycles. The zero-order valence-corrected chi connectivity index (χ0v) is 13.3. The molecule has 106 valence electrons. The minimum Gasteiger partial charge on any atom is -0.329 e. The van der Waals surface area contributed by atoms with E-state index in [-0.39, 0.29) is 29.2 Å². The molecule has 19 heavy (non-hydrogen) atoms. The number of nitrogens with one attached hydrogen (secondary N) is 1. The quantitative estimate of drug-likeness (QED) is 0.898. The maximum absolute atomic E-state index is 12.1. The average molecular weight is 341 g/mol. The van der Waals surface area contributed by atoms with Crippen LogP contribution in [0.2, 0.25) is 5.02 Å². The number of halogens is 2. The molecule has 0 aliphatic carbocycles. The predicted molar refractivity (Wildman–Crippen MR) is 82.9 cm³/mol. The van der Waals surface area contributed by atoms with Crippen molar-refractivity contribution < 1.29 is 8.42 Å². The lowest BCUT2D eigenvalue weighted by molar-refractivity contribution is 0.565. The van der Waals surface area contributed by atoms with Crippen LogP contribution >= 0.6 is 35.3 Å². The highest BCUT2D eigenvalue weighted by Gasteiger charge is 2.19. The molecule has 0 saturated heterocycles. The zero-order chi connectivity index (χ0) is 13.3. The van der Waals surface area contributed by atoms with E-state index in [9.17, 15) is 8.42 Å². The van der Waals surface area contributed by atoms with E-state index in [1.807, 2.05) is 6.07 Å². The lowest BCUT2D eigenvalue weighted by atomic mass is 10.3. The van der Waals surface area contributed by atoms with E-state index in [1.54, 1.807) is 25.1 Å². The van der Waals surface area contributed by atoms with Crippen molar-refractivity contribution in [3.05, 3.63) is 29.3 Å². The van der Waals surface area contributed by atoms with E-state index in [2.05, 4.69) is 4.72 Å². The Morgan fingerprint density at radius 1 is 1.42 bits per heavy atom. The van der Waals surface area contributed by atoms with Crippen LogP contribution in [0.3, 0.4) is 0 Å². The molecule has 2 aromatic rings. The Morgan fingerprint density at radius 3 is 2.74 bits per heavy atom. The normalized spacial score (nSPS) is 13.2. The molecule has 0 aliphatic heterocycles.